The molecular formula is C18H23F2N5. The van der Waals surface area contributed by atoms with Gasteiger partial charge in [-0.1, -0.05) is 12.1 Å². The van der Waals surface area contributed by atoms with E-state index >= 15 is 0 Å². The standard InChI is InChI=1S/C18H23F2N5/c19-14-3-1-12(2-4-14)13-5-17(18(6-13)25-11-22-10-23-25)24-8-15(20)7-16(21)9-24/h1-4,10-11,13,15-18H,5-9,21H2/t13-,15-,16-,17+,18+/m1/s1. The average Bonchev–Trinajstić information content (AvgIpc) is 3.24. The molecule has 2 fully saturated rings. The van der Waals surface area contributed by atoms with Crippen molar-refractivity contribution in [2.24, 2.45) is 5.73 Å². The molecule has 0 unspecified atom stereocenters. The van der Waals surface area contributed by atoms with Gasteiger partial charge in [0.15, 0.2) is 0 Å². The van der Waals surface area contributed by atoms with Crippen LogP contribution in [-0.4, -0.2) is 51.0 Å². The number of nitrogens with two attached hydrogens (primary N) is 1. The first-order valence-electron chi connectivity index (χ1n) is 8.83. The number of hydrogen-bond acceptors (Lipinski definition) is 4. The largest absolute Gasteiger partial charge is 0.326 e. The van der Waals surface area contributed by atoms with Gasteiger partial charge in [-0.3, -0.25) is 4.90 Å². The Morgan fingerprint density at radius 1 is 1.04 bits per heavy atom. The second-order valence-corrected chi connectivity index (χ2v) is 7.28. The summed E-state index contributed by atoms with van der Waals surface area (Å²) in [6, 6.07) is 6.84. The molecule has 2 N–H and O–H groups in total. The molecule has 25 heavy (non-hydrogen) atoms. The maximum atomic E-state index is 14.1. The molecule has 5 atom stereocenters. The number of likely N-dealkylation sites (tertiary alicyclic amines) is 1. The van der Waals surface area contributed by atoms with Gasteiger partial charge in [0, 0.05) is 25.2 Å². The maximum Gasteiger partial charge on any atom is 0.137 e. The zero-order valence-electron chi connectivity index (χ0n) is 14.0. The van der Waals surface area contributed by atoms with E-state index in [4.69, 9.17) is 5.73 Å². The summed E-state index contributed by atoms with van der Waals surface area (Å²) in [4.78, 5) is 6.25. The molecule has 5 nitrogen and oxygen atoms in total. The van der Waals surface area contributed by atoms with Crippen molar-refractivity contribution in [2.45, 2.75) is 49.5 Å². The molecule has 4 rings (SSSR count). The summed E-state index contributed by atoms with van der Waals surface area (Å²) in [7, 11) is 0. The Labute approximate surface area is 145 Å². The number of benzene rings is 1. The SMILES string of the molecule is N[C@@H]1C[C@@H](F)CN([C@H]2C[C@@H](c3ccc(F)cc3)C[C@@H]2n2cncn2)C1. The highest BCUT2D eigenvalue weighted by Crippen LogP contribution is 2.43. The highest BCUT2D eigenvalue weighted by molar-refractivity contribution is 5.23. The molecule has 0 bridgehead atoms. The van der Waals surface area contributed by atoms with Crippen LogP contribution < -0.4 is 5.73 Å². The maximum absolute atomic E-state index is 14.1. The van der Waals surface area contributed by atoms with E-state index in [2.05, 4.69) is 15.0 Å². The van der Waals surface area contributed by atoms with Crippen molar-refractivity contribution in [3.63, 3.8) is 0 Å². The molecule has 1 aliphatic heterocycles. The van der Waals surface area contributed by atoms with E-state index in [0.29, 0.717) is 19.5 Å². The average molecular weight is 347 g/mol. The van der Waals surface area contributed by atoms with E-state index in [-0.39, 0.29) is 29.9 Å². The van der Waals surface area contributed by atoms with Gasteiger partial charge in [0.25, 0.3) is 0 Å². The van der Waals surface area contributed by atoms with Crippen molar-refractivity contribution < 1.29 is 8.78 Å². The van der Waals surface area contributed by atoms with Crippen LogP contribution >= 0.6 is 0 Å². The van der Waals surface area contributed by atoms with Crippen molar-refractivity contribution in [3.8, 4) is 0 Å². The highest BCUT2D eigenvalue weighted by atomic mass is 19.1. The first kappa shape index (κ1) is 16.6. The molecule has 0 spiro atoms. The van der Waals surface area contributed by atoms with Crippen molar-refractivity contribution >= 4 is 0 Å². The van der Waals surface area contributed by atoms with Gasteiger partial charge in [0.1, 0.15) is 24.6 Å². The Hall–Kier alpha value is -1.86. The van der Waals surface area contributed by atoms with Crippen LogP contribution in [0.4, 0.5) is 8.78 Å². The minimum Gasteiger partial charge on any atom is -0.326 e. The Bertz CT molecular complexity index is 680. The predicted octanol–water partition coefficient (Wildman–Crippen LogP) is 2.28. The van der Waals surface area contributed by atoms with E-state index in [1.807, 2.05) is 16.8 Å². The van der Waals surface area contributed by atoms with Crippen molar-refractivity contribution in [1.82, 2.24) is 19.7 Å². The topological polar surface area (TPSA) is 60.0 Å². The highest BCUT2D eigenvalue weighted by Gasteiger charge is 2.42. The lowest BCUT2D eigenvalue weighted by molar-refractivity contribution is 0.0690. The lowest BCUT2D eigenvalue weighted by atomic mass is 9.96. The zero-order valence-corrected chi connectivity index (χ0v) is 14.0. The van der Waals surface area contributed by atoms with Crippen LogP contribution in [0.3, 0.4) is 0 Å². The summed E-state index contributed by atoms with van der Waals surface area (Å²) < 4.78 is 29.2. The van der Waals surface area contributed by atoms with Crippen LogP contribution in [0.1, 0.15) is 36.8 Å². The Kier molecular flexibility index (Phi) is 4.52. The monoisotopic (exact) mass is 347 g/mol. The molecule has 1 aromatic carbocycles. The Morgan fingerprint density at radius 2 is 1.80 bits per heavy atom. The summed E-state index contributed by atoms with van der Waals surface area (Å²) in [5.74, 6) is 0.0596. The normalized spacial score (nSPS) is 33.6. The molecule has 1 saturated heterocycles. The summed E-state index contributed by atoms with van der Waals surface area (Å²) in [5.41, 5.74) is 7.17. The fraction of sp³-hybridized carbons (Fsp3) is 0.556. The lowest BCUT2D eigenvalue weighted by Gasteiger charge is -2.39. The van der Waals surface area contributed by atoms with Gasteiger partial charge in [-0.25, -0.2) is 18.4 Å². The first-order valence-corrected chi connectivity index (χ1v) is 8.83. The fourth-order valence-corrected chi connectivity index (χ4v) is 4.44. The van der Waals surface area contributed by atoms with Crippen LogP contribution in [0.5, 0.6) is 0 Å². The third kappa shape index (κ3) is 3.43. The van der Waals surface area contributed by atoms with Crippen LogP contribution in [0.15, 0.2) is 36.9 Å². The summed E-state index contributed by atoms with van der Waals surface area (Å²) in [6.07, 6.45) is 4.56. The van der Waals surface area contributed by atoms with Gasteiger partial charge in [-0.2, -0.15) is 5.10 Å². The number of hydrogen-bond donors (Lipinski definition) is 1. The summed E-state index contributed by atoms with van der Waals surface area (Å²) in [5, 5.41) is 4.32. The van der Waals surface area contributed by atoms with Crippen LogP contribution in [0, 0.1) is 5.82 Å². The molecule has 1 saturated carbocycles. The second-order valence-electron chi connectivity index (χ2n) is 7.28. The molecule has 0 amide bonds. The molecule has 2 heterocycles. The molecule has 0 radical (unpaired) electrons. The molecule has 7 heteroatoms. The molecule has 2 aliphatic rings. The van der Waals surface area contributed by atoms with Gasteiger partial charge >= 0.3 is 0 Å². The minimum absolute atomic E-state index is 0.120. The van der Waals surface area contributed by atoms with Crippen LogP contribution in [0.2, 0.25) is 0 Å². The lowest BCUT2D eigenvalue weighted by Crippen LogP contribution is -2.53. The number of halogens is 2. The fourth-order valence-electron chi connectivity index (χ4n) is 4.44. The number of nitrogens with zero attached hydrogens (tertiary/aromatic N) is 4. The van der Waals surface area contributed by atoms with E-state index in [9.17, 15) is 8.78 Å². The number of rotatable bonds is 3. The number of alkyl halides is 1. The first-order chi connectivity index (χ1) is 12.1. The third-order valence-electron chi connectivity index (χ3n) is 5.54. The minimum atomic E-state index is -0.884. The number of piperidine rings is 1. The van der Waals surface area contributed by atoms with Gasteiger partial charge in [0.05, 0.1) is 6.04 Å². The van der Waals surface area contributed by atoms with Crippen molar-refractivity contribution in [1.29, 1.82) is 0 Å². The molecule has 1 aliphatic carbocycles. The van der Waals surface area contributed by atoms with E-state index in [1.165, 1.54) is 18.5 Å². The van der Waals surface area contributed by atoms with Gasteiger partial charge < -0.3 is 5.73 Å². The molecule has 1 aromatic heterocycles. The Balaban J connectivity index is 1.59. The predicted molar refractivity (Wildman–Crippen MR) is 90.3 cm³/mol. The van der Waals surface area contributed by atoms with Crippen molar-refractivity contribution in [2.75, 3.05) is 13.1 Å². The third-order valence-corrected chi connectivity index (χ3v) is 5.54. The molecular weight excluding hydrogens is 324 g/mol. The molecule has 134 valence electrons. The van der Waals surface area contributed by atoms with Crippen molar-refractivity contribution in [3.05, 3.63) is 48.3 Å². The van der Waals surface area contributed by atoms with Gasteiger partial charge in [0.2, 0.25) is 0 Å². The van der Waals surface area contributed by atoms with E-state index in [0.717, 1.165) is 18.4 Å². The zero-order chi connectivity index (χ0) is 17.4. The van der Waals surface area contributed by atoms with Crippen LogP contribution in [0.25, 0.3) is 0 Å². The van der Waals surface area contributed by atoms with Gasteiger partial charge in [-0.05, 0) is 42.9 Å². The van der Waals surface area contributed by atoms with Gasteiger partial charge in [-0.15, -0.1) is 0 Å². The summed E-state index contributed by atoms with van der Waals surface area (Å²) in [6.45, 7) is 1.12. The quantitative estimate of drug-likeness (QED) is 0.925. The van der Waals surface area contributed by atoms with E-state index < -0.39 is 6.17 Å². The van der Waals surface area contributed by atoms with E-state index in [1.54, 1.807) is 6.33 Å². The molecule has 2 aromatic rings. The summed E-state index contributed by atoms with van der Waals surface area (Å²) >= 11 is 0. The van der Waals surface area contributed by atoms with Crippen LogP contribution in [-0.2, 0) is 0 Å². The number of aromatic nitrogens is 3. The second kappa shape index (κ2) is 6.80. The smallest absolute Gasteiger partial charge is 0.137 e. The Morgan fingerprint density at radius 3 is 2.48 bits per heavy atom.